The molecule has 1 saturated carbocycles. The number of ether oxygens (including phenoxy) is 1. The summed E-state index contributed by atoms with van der Waals surface area (Å²) in [5, 5.41) is 2.92. The van der Waals surface area contributed by atoms with Crippen LogP contribution >= 0.6 is 27.3 Å². The average molecular weight is 479 g/mol. The molecule has 1 saturated heterocycles. The highest BCUT2D eigenvalue weighted by molar-refractivity contribution is 9.11. The molecule has 27 heavy (non-hydrogen) atoms. The van der Waals surface area contributed by atoms with Crippen LogP contribution in [0, 0.1) is 5.92 Å². The lowest BCUT2D eigenvalue weighted by atomic mass is 9.92. The lowest BCUT2D eigenvalue weighted by Gasteiger charge is -2.33. The van der Waals surface area contributed by atoms with Crippen LogP contribution in [0.15, 0.2) is 20.1 Å². The first-order valence-corrected chi connectivity index (χ1v) is 12.0. The van der Waals surface area contributed by atoms with E-state index in [4.69, 9.17) is 4.74 Å². The van der Waals surface area contributed by atoms with Crippen molar-refractivity contribution in [3.05, 3.63) is 15.9 Å². The number of carbonyl (C=O) groups excluding carboxylic acids is 2. The molecule has 0 bridgehead atoms. The van der Waals surface area contributed by atoms with Gasteiger partial charge >= 0.3 is 5.97 Å². The van der Waals surface area contributed by atoms with Crippen LogP contribution in [0.25, 0.3) is 0 Å². The van der Waals surface area contributed by atoms with Crippen LogP contribution in [0.4, 0.5) is 0 Å². The summed E-state index contributed by atoms with van der Waals surface area (Å²) in [6.45, 7) is 0.586. The lowest BCUT2D eigenvalue weighted by Crippen LogP contribution is -2.55. The number of hydrogen-bond donors (Lipinski definition) is 1. The minimum Gasteiger partial charge on any atom is -0.467 e. The molecule has 0 spiro atoms. The number of hydrogen-bond acceptors (Lipinski definition) is 6. The highest BCUT2D eigenvalue weighted by Gasteiger charge is 2.45. The van der Waals surface area contributed by atoms with Crippen LogP contribution in [-0.4, -0.2) is 50.3 Å². The van der Waals surface area contributed by atoms with E-state index in [0.29, 0.717) is 43.0 Å². The number of methoxy groups -OCH3 is 1. The highest BCUT2D eigenvalue weighted by Crippen LogP contribution is 2.33. The Hall–Kier alpha value is -0.970. The monoisotopic (exact) mass is 478 g/mol. The molecule has 7 nitrogen and oxygen atoms in total. The summed E-state index contributed by atoms with van der Waals surface area (Å²) in [4.78, 5) is 24.9. The third-order valence-electron chi connectivity index (χ3n) is 5.36. The second-order valence-electron chi connectivity index (χ2n) is 7.01. The fourth-order valence-electron chi connectivity index (χ4n) is 3.81. The number of nitrogens with one attached hydrogen (secondary N) is 1. The minimum absolute atomic E-state index is 0.182. The maximum atomic E-state index is 12.7. The molecule has 3 rings (SSSR count). The molecule has 0 aromatic carbocycles. The van der Waals surface area contributed by atoms with Gasteiger partial charge in [0.25, 0.3) is 10.0 Å². The summed E-state index contributed by atoms with van der Waals surface area (Å²) in [6.07, 6.45) is 3.81. The molecule has 1 amide bonds. The van der Waals surface area contributed by atoms with E-state index in [-0.39, 0.29) is 11.8 Å². The Morgan fingerprint density at radius 1 is 1.26 bits per heavy atom. The van der Waals surface area contributed by atoms with Crippen LogP contribution in [0.3, 0.4) is 0 Å². The van der Waals surface area contributed by atoms with Gasteiger partial charge in [-0.25, -0.2) is 13.2 Å². The fourth-order valence-corrected chi connectivity index (χ4v) is 7.45. The van der Waals surface area contributed by atoms with E-state index in [9.17, 15) is 18.0 Å². The van der Waals surface area contributed by atoms with Crippen molar-refractivity contribution in [3.8, 4) is 0 Å². The number of amides is 1. The first-order valence-electron chi connectivity index (χ1n) is 8.94. The second-order valence-corrected chi connectivity index (χ2v) is 11.6. The molecule has 1 N–H and O–H groups in total. The first-order chi connectivity index (χ1) is 12.8. The molecule has 0 radical (unpaired) electrons. The van der Waals surface area contributed by atoms with E-state index in [1.807, 2.05) is 0 Å². The zero-order valence-corrected chi connectivity index (χ0v) is 18.3. The van der Waals surface area contributed by atoms with Gasteiger partial charge in [-0.3, -0.25) is 4.79 Å². The van der Waals surface area contributed by atoms with Crippen LogP contribution < -0.4 is 5.32 Å². The summed E-state index contributed by atoms with van der Waals surface area (Å²) in [5.41, 5.74) is -0.918. The van der Waals surface area contributed by atoms with E-state index >= 15 is 0 Å². The quantitative estimate of drug-likeness (QED) is 0.656. The van der Waals surface area contributed by atoms with Crippen molar-refractivity contribution in [3.63, 3.8) is 0 Å². The van der Waals surface area contributed by atoms with Gasteiger partial charge in [-0.05, 0) is 53.7 Å². The molecule has 1 aliphatic carbocycles. The first kappa shape index (κ1) is 20.8. The molecule has 150 valence electrons. The zero-order chi connectivity index (χ0) is 19.7. The fraction of sp³-hybridized carbons (Fsp3) is 0.647. The van der Waals surface area contributed by atoms with Crippen molar-refractivity contribution in [2.24, 2.45) is 5.92 Å². The summed E-state index contributed by atoms with van der Waals surface area (Å²) < 4.78 is 32.8. The summed E-state index contributed by atoms with van der Waals surface area (Å²) in [5.74, 6) is -0.872. The number of piperidine rings is 1. The third kappa shape index (κ3) is 4.23. The molecule has 2 aliphatic rings. The maximum absolute atomic E-state index is 12.7. The van der Waals surface area contributed by atoms with Gasteiger partial charge in [0.2, 0.25) is 5.91 Å². The number of rotatable bonds is 5. The van der Waals surface area contributed by atoms with Gasteiger partial charge < -0.3 is 10.1 Å². The van der Waals surface area contributed by atoms with Gasteiger partial charge in [-0.15, -0.1) is 11.3 Å². The predicted octanol–water partition coefficient (Wildman–Crippen LogP) is 2.51. The summed E-state index contributed by atoms with van der Waals surface area (Å²) in [6, 6.07) is 3.30. The largest absolute Gasteiger partial charge is 0.467 e. The molecule has 0 atom stereocenters. The van der Waals surface area contributed by atoms with Gasteiger partial charge in [-0.1, -0.05) is 12.8 Å². The van der Waals surface area contributed by atoms with Crippen LogP contribution in [0.2, 0.25) is 0 Å². The van der Waals surface area contributed by atoms with Gasteiger partial charge in [0.15, 0.2) is 0 Å². The Morgan fingerprint density at radius 2 is 1.89 bits per heavy atom. The van der Waals surface area contributed by atoms with Gasteiger partial charge in [-0.2, -0.15) is 4.31 Å². The average Bonchev–Trinajstić information content (AvgIpc) is 3.31. The maximum Gasteiger partial charge on any atom is 0.331 e. The Labute approximate surface area is 171 Å². The number of halogens is 1. The SMILES string of the molecule is COC(=O)C1(NC(=O)C2CCN(S(=O)(=O)c3ccc(Br)s3)CC2)CCCC1. The molecular formula is C17H23BrN2O5S2. The van der Waals surface area contributed by atoms with Crippen LogP contribution in [0.1, 0.15) is 38.5 Å². The van der Waals surface area contributed by atoms with Gasteiger partial charge in [0.1, 0.15) is 9.75 Å². The van der Waals surface area contributed by atoms with Crippen molar-refractivity contribution < 1.29 is 22.7 Å². The van der Waals surface area contributed by atoms with E-state index in [0.717, 1.165) is 16.6 Å². The lowest BCUT2D eigenvalue weighted by molar-refractivity contribution is -0.151. The summed E-state index contributed by atoms with van der Waals surface area (Å²) >= 11 is 4.46. The molecule has 1 aromatic heterocycles. The van der Waals surface area contributed by atoms with Crippen molar-refractivity contribution >= 4 is 49.2 Å². The molecular weight excluding hydrogens is 456 g/mol. The van der Waals surface area contributed by atoms with Crippen molar-refractivity contribution in [2.75, 3.05) is 20.2 Å². The molecule has 2 heterocycles. The van der Waals surface area contributed by atoms with Crippen molar-refractivity contribution in [1.82, 2.24) is 9.62 Å². The predicted molar refractivity (Wildman–Crippen MR) is 105 cm³/mol. The van der Waals surface area contributed by atoms with Crippen LogP contribution in [-0.2, 0) is 24.3 Å². The van der Waals surface area contributed by atoms with E-state index < -0.39 is 21.5 Å². The van der Waals surface area contributed by atoms with Crippen molar-refractivity contribution in [1.29, 1.82) is 0 Å². The zero-order valence-electron chi connectivity index (χ0n) is 15.1. The Balaban J connectivity index is 1.62. The molecule has 10 heteroatoms. The number of thiophene rings is 1. The second kappa shape index (κ2) is 8.18. The number of carbonyl (C=O) groups is 2. The van der Waals surface area contributed by atoms with Gasteiger partial charge in [0.05, 0.1) is 10.9 Å². The minimum atomic E-state index is -3.53. The van der Waals surface area contributed by atoms with E-state index in [2.05, 4.69) is 21.2 Å². The number of nitrogens with zero attached hydrogens (tertiary/aromatic N) is 1. The topological polar surface area (TPSA) is 92.8 Å². The normalized spacial score (nSPS) is 21.1. The highest BCUT2D eigenvalue weighted by atomic mass is 79.9. The van der Waals surface area contributed by atoms with Crippen LogP contribution in [0.5, 0.6) is 0 Å². The molecule has 1 aromatic rings. The molecule has 0 unspecified atom stereocenters. The molecule has 1 aliphatic heterocycles. The number of esters is 1. The smallest absolute Gasteiger partial charge is 0.331 e. The summed E-state index contributed by atoms with van der Waals surface area (Å²) in [7, 11) is -2.19. The Morgan fingerprint density at radius 3 is 2.41 bits per heavy atom. The van der Waals surface area contributed by atoms with Crippen molar-refractivity contribution in [2.45, 2.75) is 48.3 Å². The Bertz CT molecular complexity index is 809. The standard InChI is InChI=1S/C17H23BrN2O5S2/c1-25-16(22)17(8-2-3-9-17)19-15(21)12-6-10-20(11-7-12)27(23,24)14-5-4-13(18)26-14/h4-5,12H,2-3,6-11H2,1H3,(H,19,21). The molecule has 2 fully saturated rings. The Kier molecular flexibility index (Phi) is 6.29. The third-order valence-corrected chi connectivity index (χ3v) is 9.35. The van der Waals surface area contributed by atoms with Gasteiger partial charge in [0, 0.05) is 19.0 Å². The van der Waals surface area contributed by atoms with E-state index in [1.54, 1.807) is 12.1 Å². The van der Waals surface area contributed by atoms with E-state index in [1.165, 1.54) is 22.8 Å². The number of sulfonamides is 1.